The molecule has 0 saturated heterocycles. The first-order chi connectivity index (χ1) is 4.30. The van der Waals surface area contributed by atoms with Gasteiger partial charge in [-0.05, 0) is 0 Å². The molecule has 0 saturated carbocycles. The summed E-state index contributed by atoms with van der Waals surface area (Å²) in [6.45, 7) is 0. The summed E-state index contributed by atoms with van der Waals surface area (Å²) in [5.41, 5.74) is 0.998. The third-order valence-electron chi connectivity index (χ3n) is 1.08. The van der Waals surface area contributed by atoms with Gasteiger partial charge in [-0.1, -0.05) is 18.2 Å². The summed E-state index contributed by atoms with van der Waals surface area (Å²) in [5, 5.41) is 0. The molecule has 0 aliphatic heterocycles. The van der Waals surface area contributed by atoms with E-state index in [4.69, 9.17) is 0 Å². The largest absolute Gasteiger partial charge is 0.377 e. The smallest absolute Gasteiger partial charge is 0.0521 e. The first-order valence-electron chi connectivity index (χ1n) is 2.86. The summed E-state index contributed by atoms with van der Waals surface area (Å²) in [7, 11) is 3.95. The number of benzene rings is 1. The number of nitrogens with zero attached hydrogens (tertiary/aromatic N) is 1. The molecule has 1 aromatic carbocycles. The van der Waals surface area contributed by atoms with Crippen molar-refractivity contribution < 1.29 is 0 Å². The molecule has 0 atom stereocenters. The van der Waals surface area contributed by atoms with E-state index in [1.54, 1.807) is 0 Å². The van der Waals surface area contributed by atoms with Gasteiger partial charge in [0.05, 0.1) is 5.69 Å². The predicted octanol–water partition coefficient (Wildman–Crippen LogP) is 1.35. The zero-order chi connectivity index (χ0) is 6.69. The molecule has 0 aliphatic rings. The topological polar surface area (TPSA) is 3.24 Å². The van der Waals surface area contributed by atoms with Gasteiger partial charge in [0.1, 0.15) is 0 Å². The van der Waals surface area contributed by atoms with E-state index in [-0.39, 0.29) is 0 Å². The lowest BCUT2D eigenvalue weighted by Gasteiger charge is -2.09. The van der Waals surface area contributed by atoms with Gasteiger partial charge in [-0.15, -0.1) is 0 Å². The molecule has 0 aliphatic carbocycles. The third kappa shape index (κ3) is 1.46. The number of hydrogen-bond acceptors (Lipinski definition) is 1. The summed E-state index contributed by atoms with van der Waals surface area (Å²) >= 11 is 0. The van der Waals surface area contributed by atoms with Crippen LogP contribution in [0.15, 0.2) is 18.2 Å². The van der Waals surface area contributed by atoms with Gasteiger partial charge in [-0.3, -0.25) is 0 Å². The van der Waals surface area contributed by atoms with E-state index < -0.39 is 0 Å². The second-order valence-corrected chi connectivity index (χ2v) is 2.06. The van der Waals surface area contributed by atoms with E-state index in [9.17, 15) is 0 Å². The second kappa shape index (κ2) is 2.53. The molecule has 0 amide bonds. The highest BCUT2D eigenvalue weighted by Crippen LogP contribution is 2.05. The molecule has 0 heterocycles. The second-order valence-electron chi connectivity index (χ2n) is 2.06. The molecule has 0 N–H and O–H groups in total. The predicted molar refractivity (Wildman–Crippen MR) is 38.4 cm³/mol. The van der Waals surface area contributed by atoms with Gasteiger partial charge in [-0.25, -0.2) is 0 Å². The Balaban J connectivity index is 2.85. The van der Waals surface area contributed by atoms with E-state index in [0.717, 1.165) is 5.69 Å². The minimum absolute atomic E-state index is 0.998. The van der Waals surface area contributed by atoms with Gasteiger partial charge in [0.25, 0.3) is 0 Å². The standard InChI is InChI=1S/C8H9N/c1-9(2)8-6-4-3-5-7-8/h3-5H,1-2H3. The van der Waals surface area contributed by atoms with Crippen LogP contribution in [0.4, 0.5) is 5.69 Å². The lowest BCUT2D eigenvalue weighted by Crippen LogP contribution is -2.08. The van der Waals surface area contributed by atoms with E-state index >= 15 is 0 Å². The lowest BCUT2D eigenvalue weighted by atomic mass is 10.3. The summed E-state index contributed by atoms with van der Waals surface area (Å²) in [6.07, 6.45) is 0. The van der Waals surface area contributed by atoms with Crippen LogP contribution in [-0.2, 0) is 0 Å². The fourth-order valence-corrected chi connectivity index (χ4v) is 0.602. The Morgan fingerprint density at radius 2 is 1.78 bits per heavy atom. The van der Waals surface area contributed by atoms with Crippen LogP contribution in [0, 0.1) is 12.1 Å². The van der Waals surface area contributed by atoms with Crippen LogP contribution < -0.4 is 4.90 Å². The van der Waals surface area contributed by atoms with Crippen molar-refractivity contribution in [2.75, 3.05) is 19.0 Å². The van der Waals surface area contributed by atoms with Crippen LogP contribution in [0.5, 0.6) is 0 Å². The number of para-hydroxylation sites is 1. The zero-order valence-corrected chi connectivity index (χ0v) is 5.68. The van der Waals surface area contributed by atoms with E-state index in [0.29, 0.717) is 0 Å². The molecule has 0 bridgehead atoms. The molecule has 2 radical (unpaired) electrons. The van der Waals surface area contributed by atoms with Crippen molar-refractivity contribution in [1.82, 2.24) is 0 Å². The highest BCUT2D eigenvalue weighted by atomic mass is 15.1. The van der Waals surface area contributed by atoms with Crippen molar-refractivity contribution in [2.24, 2.45) is 0 Å². The Morgan fingerprint density at radius 1 is 1.22 bits per heavy atom. The Bertz CT molecular complexity index is 167. The van der Waals surface area contributed by atoms with Gasteiger partial charge in [0.2, 0.25) is 0 Å². The highest BCUT2D eigenvalue weighted by molar-refractivity contribution is 5.41. The summed E-state index contributed by atoms with van der Waals surface area (Å²) in [4.78, 5) is 1.97. The zero-order valence-electron chi connectivity index (χ0n) is 5.68. The van der Waals surface area contributed by atoms with Gasteiger partial charge in [0.15, 0.2) is 0 Å². The third-order valence-corrected chi connectivity index (χ3v) is 1.08. The molecular formula is C8H9N. The van der Waals surface area contributed by atoms with E-state index in [2.05, 4.69) is 12.1 Å². The molecule has 1 nitrogen and oxygen atoms in total. The molecule has 1 rings (SSSR count). The maximum absolute atomic E-state index is 3.04. The maximum Gasteiger partial charge on any atom is 0.0521 e. The van der Waals surface area contributed by atoms with Crippen LogP contribution in [0.2, 0.25) is 0 Å². The van der Waals surface area contributed by atoms with Gasteiger partial charge in [-0.2, -0.15) is 0 Å². The van der Waals surface area contributed by atoms with E-state index in [1.807, 2.05) is 37.2 Å². The molecule has 0 unspecified atom stereocenters. The molecular weight excluding hydrogens is 110 g/mol. The summed E-state index contributed by atoms with van der Waals surface area (Å²) in [6, 6.07) is 11.7. The van der Waals surface area contributed by atoms with Crippen molar-refractivity contribution in [3.63, 3.8) is 0 Å². The molecule has 1 aromatic rings. The molecule has 1 heteroatoms. The Labute approximate surface area is 55.9 Å². The van der Waals surface area contributed by atoms with Crippen molar-refractivity contribution in [3.8, 4) is 0 Å². The van der Waals surface area contributed by atoms with Crippen LogP contribution in [-0.4, -0.2) is 14.1 Å². The van der Waals surface area contributed by atoms with E-state index in [1.165, 1.54) is 0 Å². The van der Waals surface area contributed by atoms with Gasteiger partial charge >= 0.3 is 0 Å². The van der Waals surface area contributed by atoms with Crippen LogP contribution >= 0.6 is 0 Å². The van der Waals surface area contributed by atoms with Gasteiger partial charge < -0.3 is 4.90 Å². The summed E-state index contributed by atoms with van der Waals surface area (Å²) in [5.74, 6) is 0. The maximum atomic E-state index is 3.04. The number of anilines is 1. The fraction of sp³-hybridized carbons (Fsp3) is 0.250. The highest BCUT2D eigenvalue weighted by Gasteiger charge is 1.89. The van der Waals surface area contributed by atoms with Gasteiger partial charge in [0, 0.05) is 26.2 Å². The molecule has 0 aromatic heterocycles. The first kappa shape index (κ1) is 6.14. The minimum Gasteiger partial charge on any atom is -0.377 e. The van der Waals surface area contributed by atoms with Crippen molar-refractivity contribution in [2.45, 2.75) is 0 Å². The van der Waals surface area contributed by atoms with Crippen molar-refractivity contribution in [3.05, 3.63) is 30.3 Å². The Hall–Kier alpha value is -0.980. The molecule has 0 spiro atoms. The molecule has 46 valence electrons. The fourth-order valence-electron chi connectivity index (χ4n) is 0.602. The monoisotopic (exact) mass is 119 g/mol. The molecule has 0 fully saturated rings. The first-order valence-corrected chi connectivity index (χ1v) is 2.86. The Morgan fingerprint density at radius 3 is 2.11 bits per heavy atom. The molecule has 9 heavy (non-hydrogen) atoms. The SMILES string of the molecule is CN(C)c1[c]ccc[c]1. The van der Waals surface area contributed by atoms with Crippen LogP contribution in [0.3, 0.4) is 0 Å². The van der Waals surface area contributed by atoms with Crippen LogP contribution in [0.25, 0.3) is 0 Å². The van der Waals surface area contributed by atoms with Crippen molar-refractivity contribution >= 4 is 5.69 Å². The number of hydrogen-bond donors (Lipinski definition) is 0. The Kier molecular flexibility index (Phi) is 1.73. The normalized spacial score (nSPS) is 9.11. The van der Waals surface area contributed by atoms with Crippen molar-refractivity contribution in [1.29, 1.82) is 0 Å². The minimum atomic E-state index is 0.998. The lowest BCUT2D eigenvalue weighted by molar-refractivity contribution is 1.13. The average Bonchev–Trinajstić information content (AvgIpc) is 1.90. The van der Waals surface area contributed by atoms with Crippen LogP contribution in [0.1, 0.15) is 0 Å². The quantitative estimate of drug-likeness (QED) is 0.539. The average molecular weight is 119 g/mol. The summed E-state index contributed by atoms with van der Waals surface area (Å²) < 4.78 is 0. The number of rotatable bonds is 1.